The molecule has 0 saturated heterocycles. The van der Waals surface area contributed by atoms with Gasteiger partial charge in [0.1, 0.15) is 5.75 Å². The van der Waals surface area contributed by atoms with Gasteiger partial charge in [0.25, 0.3) is 0 Å². The lowest BCUT2D eigenvalue weighted by Gasteiger charge is -2.39. The Morgan fingerprint density at radius 3 is 2.03 bits per heavy atom. The summed E-state index contributed by atoms with van der Waals surface area (Å²) in [7, 11) is 0. The van der Waals surface area contributed by atoms with Gasteiger partial charge in [-0.1, -0.05) is 81.3 Å². The third kappa shape index (κ3) is 3.40. The number of aryl methyl sites for hydroxylation is 2. The van der Waals surface area contributed by atoms with Crippen molar-refractivity contribution in [3.05, 3.63) is 99.2 Å². The summed E-state index contributed by atoms with van der Waals surface area (Å²) in [5.41, 5.74) is 5.64. The van der Waals surface area contributed by atoms with E-state index < -0.39 is 5.60 Å². The second kappa shape index (κ2) is 8.79. The van der Waals surface area contributed by atoms with E-state index in [2.05, 4.69) is 85.3 Å². The minimum Gasteiger partial charge on any atom is -0.471 e. The lowest BCUT2D eigenvalue weighted by Crippen LogP contribution is -2.37. The summed E-state index contributed by atoms with van der Waals surface area (Å²) in [6, 6.07) is 22.2. The highest BCUT2D eigenvalue weighted by molar-refractivity contribution is 7.20. The molecule has 1 aliphatic heterocycles. The molecule has 154 valence electrons. The lowest BCUT2D eigenvalue weighted by atomic mass is 9.78. The predicted molar refractivity (Wildman–Crippen MR) is 131 cm³/mol. The second-order valence-electron chi connectivity index (χ2n) is 7.37. The van der Waals surface area contributed by atoms with Crippen LogP contribution in [0.1, 0.15) is 55.0 Å². The molecule has 3 heteroatoms. The molecule has 0 bridgehead atoms. The maximum atomic E-state index is 6.87. The zero-order chi connectivity index (χ0) is 21.1. The van der Waals surface area contributed by atoms with Crippen LogP contribution >= 0.6 is 22.7 Å². The van der Waals surface area contributed by atoms with Gasteiger partial charge in [-0.25, -0.2) is 0 Å². The van der Waals surface area contributed by atoms with Crippen molar-refractivity contribution in [3.63, 3.8) is 0 Å². The molecule has 0 radical (unpaired) electrons. The fourth-order valence-electron chi connectivity index (χ4n) is 4.10. The summed E-state index contributed by atoms with van der Waals surface area (Å²) in [5.74, 6) is 0.984. The Morgan fingerprint density at radius 2 is 1.37 bits per heavy atom. The molecule has 5 rings (SSSR count). The molecule has 1 atom stereocenters. The zero-order valence-electron chi connectivity index (χ0n) is 18.1. The normalized spacial score (nSPS) is 16.7. The summed E-state index contributed by atoms with van der Waals surface area (Å²) in [6.45, 7) is 8.35. The van der Waals surface area contributed by atoms with Crippen LogP contribution in [0.4, 0.5) is 0 Å². The van der Waals surface area contributed by atoms with E-state index in [4.69, 9.17) is 4.74 Å². The number of rotatable bonds is 4. The number of fused-ring (bicyclic) bond motifs is 3. The van der Waals surface area contributed by atoms with Crippen molar-refractivity contribution in [2.75, 3.05) is 0 Å². The quantitative estimate of drug-likeness (QED) is 0.314. The van der Waals surface area contributed by atoms with E-state index in [9.17, 15) is 0 Å². The van der Waals surface area contributed by atoms with Gasteiger partial charge < -0.3 is 4.74 Å². The molecule has 0 fully saturated rings. The van der Waals surface area contributed by atoms with Crippen LogP contribution in [0.3, 0.4) is 0 Å². The number of ether oxygens (including phenoxy) is 1. The summed E-state index contributed by atoms with van der Waals surface area (Å²) in [6.07, 6.45) is 2.27. The van der Waals surface area contributed by atoms with Crippen molar-refractivity contribution in [1.29, 1.82) is 0 Å². The highest BCUT2D eigenvalue weighted by atomic mass is 32.1. The molecule has 0 spiro atoms. The van der Waals surface area contributed by atoms with Crippen molar-refractivity contribution in [2.45, 2.75) is 46.1 Å². The maximum Gasteiger partial charge on any atom is 0.186 e. The van der Waals surface area contributed by atoms with Crippen molar-refractivity contribution in [2.24, 2.45) is 0 Å². The van der Waals surface area contributed by atoms with E-state index in [0.717, 1.165) is 18.6 Å². The van der Waals surface area contributed by atoms with E-state index in [1.54, 1.807) is 11.3 Å². The van der Waals surface area contributed by atoms with E-state index in [1.807, 2.05) is 25.2 Å². The minimum absolute atomic E-state index is 0.609. The Morgan fingerprint density at radius 1 is 0.767 bits per heavy atom. The molecule has 0 aliphatic carbocycles. The topological polar surface area (TPSA) is 9.23 Å². The van der Waals surface area contributed by atoms with Crippen LogP contribution in [0.25, 0.3) is 9.75 Å². The van der Waals surface area contributed by atoms with Crippen LogP contribution in [0.15, 0.2) is 71.4 Å². The first-order chi connectivity index (χ1) is 14.7. The first-order valence-electron chi connectivity index (χ1n) is 10.7. The fraction of sp³-hybridized carbons (Fsp3) is 0.259. The molecule has 1 unspecified atom stereocenters. The SMILES string of the molecule is CC.CCCc1ccc(C2(c3ccc(C)cc3)Oc3ccsc3-c3sccc32)cc1. The van der Waals surface area contributed by atoms with Crippen LogP contribution in [0.2, 0.25) is 0 Å². The number of hydrogen-bond donors (Lipinski definition) is 0. The average Bonchev–Trinajstić information content (AvgIpc) is 3.45. The van der Waals surface area contributed by atoms with Crippen molar-refractivity contribution in [1.82, 2.24) is 0 Å². The van der Waals surface area contributed by atoms with Crippen LogP contribution in [0, 0.1) is 6.92 Å². The Labute approximate surface area is 188 Å². The summed E-state index contributed by atoms with van der Waals surface area (Å²) < 4.78 is 6.87. The molecular weight excluding hydrogens is 404 g/mol. The minimum atomic E-state index is -0.609. The van der Waals surface area contributed by atoms with Crippen LogP contribution in [-0.2, 0) is 12.0 Å². The molecule has 0 saturated carbocycles. The largest absolute Gasteiger partial charge is 0.471 e. The summed E-state index contributed by atoms with van der Waals surface area (Å²) in [5, 5.41) is 4.32. The molecule has 4 aromatic rings. The molecule has 30 heavy (non-hydrogen) atoms. The predicted octanol–water partition coefficient (Wildman–Crippen LogP) is 8.45. The van der Waals surface area contributed by atoms with Gasteiger partial charge in [0, 0.05) is 16.7 Å². The molecule has 2 aromatic heterocycles. The number of hydrogen-bond acceptors (Lipinski definition) is 3. The molecule has 1 nitrogen and oxygen atoms in total. The highest BCUT2D eigenvalue weighted by Crippen LogP contribution is 2.55. The lowest BCUT2D eigenvalue weighted by molar-refractivity contribution is 0.153. The molecule has 0 amide bonds. The van der Waals surface area contributed by atoms with E-state index in [0.29, 0.717) is 0 Å². The fourth-order valence-corrected chi connectivity index (χ4v) is 6.05. The first-order valence-corrected chi connectivity index (χ1v) is 12.5. The van der Waals surface area contributed by atoms with Gasteiger partial charge in [-0.05, 0) is 41.8 Å². The zero-order valence-corrected chi connectivity index (χ0v) is 19.7. The second-order valence-corrected chi connectivity index (χ2v) is 9.21. The summed E-state index contributed by atoms with van der Waals surface area (Å²) >= 11 is 3.57. The van der Waals surface area contributed by atoms with Crippen LogP contribution in [-0.4, -0.2) is 0 Å². The molecular formula is C27H28OS2. The van der Waals surface area contributed by atoms with Crippen molar-refractivity contribution in [3.8, 4) is 15.5 Å². The van der Waals surface area contributed by atoms with Gasteiger partial charge >= 0.3 is 0 Å². The molecule has 3 heterocycles. The highest BCUT2D eigenvalue weighted by Gasteiger charge is 2.45. The first kappa shape index (κ1) is 20.9. The Hall–Kier alpha value is -2.36. The van der Waals surface area contributed by atoms with Crippen molar-refractivity contribution < 1.29 is 4.74 Å². The Balaban J connectivity index is 0.00000106. The van der Waals surface area contributed by atoms with E-state index in [1.165, 1.54) is 37.6 Å². The number of thiophene rings is 2. The third-order valence-electron chi connectivity index (χ3n) is 5.50. The van der Waals surface area contributed by atoms with Gasteiger partial charge in [-0.15, -0.1) is 22.7 Å². The number of benzene rings is 2. The smallest absolute Gasteiger partial charge is 0.186 e. The molecule has 0 N–H and O–H groups in total. The Bertz CT molecular complexity index is 1100. The van der Waals surface area contributed by atoms with Crippen LogP contribution in [0.5, 0.6) is 5.75 Å². The monoisotopic (exact) mass is 432 g/mol. The standard InChI is InChI=1S/C25H22OS2.C2H6/c1-3-4-18-7-11-20(12-8-18)25(19-9-5-17(2)6-10-19)21-13-15-27-23(21)24-22(26-25)14-16-28-24;1-2/h5-16H,3-4H2,1-2H3;1-2H3. The average molecular weight is 433 g/mol. The third-order valence-corrected chi connectivity index (χ3v) is 7.47. The van der Waals surface area contributed by atoms with Crippen molar-refractivity contribution >= 4 is 22.7 Å². The van der Waals surface area contributed by atoms with Gasteiger partial charge in [-0.2, -0.15) is 0 Å². The molecule has 2 aromatic carbocycles. The Kier molecular flexibility index (Phi) is 6.12. The van der Waals surface area contributed by atoms with E-state index in [-0.39, 0.29) is 0 Å². The van der Waals surface area contributed by atoms with Gasteiger partial charge in [0.05, 0.1) is 9.75 Å². The van der Waals surface area contributed by atoms with Gasteiger partial charge in [0.15, 0.2) is 5.60 Å². The van der Waals surface area contributed by atoms with Crippen LogP contribution < -0.4 is 4.74 Å². The summed E-state index contributed by atoms with van der Waals surface area (Å²) in [4.78, 5) is 2.57. The van der Waals surface area contributed by atoms with Gasteiger partial charge in [0.2, 0.25) is 0 Å². The van der Waals surface area contributed by atoms with Gasteiger partial charge in [-0.3, -0.25) is 0 Å². The maximum absolute atomic E-state index is 6.87. The van der Waals surface area contributed by atoms with E-state index >= 15 is 0 Å². The molecule has 1 aliphatic rings.